The minimum Gasteiger partial charge on any atom is -0.329 e. The normalized spacial score (nSPS) is 26.5. The second-order valence-corrected chi connectivity index (χ2v) is 6.69. The Bertz CT molecular complexity index is 484. The largest absolute Gasteiger partial charge is 0.329 e. The number of benzene rings is 1. The standard InChI is InChI=1S/C18H27NO/c1-13-6-8-18(12-19,9-7-13)17(20)11-16-5-4-14(2)15(3)10-16/h4-5,10,13H,6-9,11-12,19H2,1-3H3. The van der Waals surface area contributed by atoms with E-state index in [1.54, 1.807) is 0 Å². The van der Waals surface area contributed by atoms with Crippen LogP contribution < -0.4 is 5.73 Å². The first-order valence-corrected chi connectivity index (χ1v) is 7.76. The molecular formula is C18H27NO. The highest BCUT2D eigenvalue weighted by Crippen LogP contribution is 2.39. The summed E-state index contributed by atoms with van der Waals surface area (Å²) in [5.74, 6) is 1.08. The van der Waals surface area contributed by atoms with Gasteiger partial charge in [-0.1, -0.05) is 25.1 Å². The number of nitrogens with two attached hydrogens (primary N) is 1. The van der Waals surface area contributed by atoms with E-state index in [1.165, 1.54) is 11.1 Å². The Balaban J connectivity index is 2.11. The molecule has 1 aliphatic carbocycles. The maximum atomic E-state index is 12.7. The van der Waals surface area contributed by atoms with Gasteiger partial charge in [0.25, 0.3) is 0 Å². The first-order valence-electron chi connectivity index (χ1n) is 7.76. The van der Waals surface area contributed by atoms with E-state index >= 15 is 0 Å². The molecule has 2 nitrogen and oxygen atoms in total. The van der Waals surface area contributed by atoms with Crippen molar-refractivity contribution in [3.63, 3.8) is 0 Å². The van der Waals surface area contributed by atoms with Crippen LogP contribution in [0.5, 0.6) is 0 Å². The van der Waals surface area contributed by atoms with E-state index < -0.39 is 0 Å². The first kappa shape index (κ1) is 15.2. The van der Waals surface area contributed by atoms with Crippen molar-refractivity contribution < 1.29 is 4.79 Å². The zero-order valence-electron chi connectivity index (χ0n) is 13.0. The molecule has 2 heteroatoms. The van der Waals surface area contributed by atoms with Gasteiger partial charge < -0.3 is 5.73 Å². The van der Waals surface area contributed by atoms with Crippen LogP contribution in [0.1, 0.15) is 49.3 Å². The van der Waals surface area contributed by atoms with Gasteiger partial charge in [0.1, 0.15) is 5.78 Å². The minimum absolute atomic E-state index is 0.259. The van der Waals surface area contributed by atoms with Gasteiger partial charge in [-0.25, -0.2) is 0 Å². The molecule has 0 saturated heterocycles. The molecule has 110 valence electrons. The molecule has 1 aromatic carbocycles. The fraction of sp³-hybridized carbons (Fsp3) is 0.611. The minimum atomic E-state index is -0.259. The molecule has 0 heterocycles. The molecular weight excluding hydrogens is 246 g/mol. The third kappa shape index (κ3) is 3.12. The number of Topliss-reactive ketones (excluding diaryl/α,β-unsaturated/α-hetero) is 1. The molecule has 1 aromatic rings. The summed E-state index contributed by atoms with van der Waals surface area (Å²) in [6.07, 6.45) is 4.74. The van der Waals surface area contributed by atoms with Crippen LogP contribution in [0.25, 0.3) is 0 Å². The monoisotopic (exact) mass is 273 g/mol. The molecule has 0 spiro atoms. The van der Waals surface area contributed by atoms with Gasteiger partial charge in [-0.2, -0.15) is 0 Å². The van der Waals surface area contributed by atoms with Crippen molar-refractivity contribution in [2.24, 2.45) is 17.1 Å². The molecule has 0 unspecified atom stereocenters. The number of hydrogen-bond acceptors (Lipinski definition) is 2. The molecule has 2 rings (SSSR count). The summed E-state index contributed by atoms with van der Waals surface area (Å²) in [6, 6.07) is 6.33. The van der Waals surface area contributed by atoms with Crippen LogP contribution in [0.15, 0.2) is 18.2 Å². The van der Waals surface area contributed by atoms with E-state index in [0.717, 1.165) is 37.2 Å². The number of ketones is 1. The molecule has 0 amide bonds. The molecule has 20 heavy (non-hydrogen) atoms. The predicted octanol–water partition coefficient (Wildman–Crippen LogP) is 3.57. The molecule has 1 fully saturated rings. The van der Waals surface area contributed by atoms with Crippen LogP contribution in [0.2, 0.25) is 0 Å². The summed E-state index contributed by atoms with van der Waals surface area (Å²) < 4.78 is 0. The molecule has 0 radical (unpaired) electrons. The van der Waals surface area contributed by atoms with Crippen LogP contribution >= 0.6 is 0 Å². The third-order valence-corrected chi connectivity index (χ3v) is 5.15. The average molecular weight is 273 g/mol. The fourth-order valence-electron chi connectivity index (χ4n) is 3.20. The second-order valence-electron chi connectivity index (χ2n) is 6.69. The number of carbonyl (C=O) groups is 1. The highest BCUT2D eigenvalue weighted by Gasteiger charge is 2.39. The summed E-state index contributed by atoms with van der Waals surface area (Å²) in [5.41, 5.74) is 9.38. The van der Waals surface area contributed by atoms with Crippen LogP contribution in [0.4, 0.5) is 0 Å². The smallest absolute Gasteiger partial charge is 0.144 e. The lowest BCUT2D eigenvalue weighted by atomic mass is 9.67. The maximum absolute atomic E-state index is 12.7. The number of hydrogen-bond donors (Lipinski definition) is 1. The maximum Gasteiger partial charge on any atom is 0.144 e. The van der Waals surface area contributed by atoms with E-state index in [-0.39, 0.29) is 5.41 Å². The SMILES string of the molecule is Cc1ccc(CC(=O)C2(CN)CCC(C)CC2)cc1C. The Kier molecular flexibility index (Phi) is 4.64. The summed E-state index contributed by atoms with van der Waals surface area (Å²) in [6.45, 7) is 6.98. The Morgan fingerprint density at radius 3 is 2.45 bits per heavy atom. The lowest BCUT2D eigenvalue weighted by Crippen LogP contribution is -2.42. The van der Waals surface area contributed by atoms with Crippen molar-refractivity contribution in [1.82, 2.24) is 0 Å². The molecule has 1 aliphatic rings. The van der Waals surface area contributed by atoms with Gasteiger partial charge in [0.15, 0.2) is 0 Å². The number of carbonyl (C=O) groups excluding carboxylic acids is 1. The van der Waals surface area contributed by atoms with E-state index in [9.17, 15) is 4.79 Å². The Hall–Kier alpha value is -1.15. The van der Waals surface area contributed by atoms with E-state index in [0.29, 0.717) is 18.7 Å². The van der Waals surface area contributed by atoms with Gasteiger partial charge in [0.2, 0.25) is 0 Å². The van der Waals surface area contributed by atoms with Crippen molar-refractivity contribution >= 4 is 5.78 Å². The van der Waals surface area contributed by atoms with Gasteiger partial charge in [0.05, 0.1) is 0 Å². The van der Waals surface area contributed by atoms with Gasteiger partial charge in [0, 0.05) is 18.4 Å². The lowest BCUT2D eigenvalue weighted by molar-refractivity contribution is -0.129. The van der Waals surface area contributed by atoms with Crippen molar-refractivity contribution in [3.8, 4) is 0 Å². The number of aryl methyl sites for hydroxylation is 2. The summed E-state index contributed by atoms with van der Waals surface area (Å²) in [5, 5.41) is 0. The van der Waals surface area contributed by atoms with Gasteiger partial charge in [-0.15, -0.1) is 0 Å². The van der Waals surface area contributed by atoms with Crippen LogP contribution in [-0.4, -0.2) is 12.3 Å². The van der Waals surface area contributed by atoms with Crippen molar-refractivity contribution in [1.29, 1.82) is 0 Å². The van der Waals surface area contributed by atoms with Gasteiger partial charge >= 0.3 is 0 Å². The van der Waals surface area contributed by atoms with Crippen molar-refractivity contribution in [2.75, 3.05) is 6.54 Å². The van der Waals surface area contributed by atoms with Gasteiger partial charge in [-0.05, 0) is 62.1 Å². The van der Waals surface area contributed by atoms with E-state index in [1.807, 2.05) is 0 Å². The Morgan fingerprint density at radius 2 is 1.90 bits per heavy atom. The Labute approximate surface area is 122 Å². The molecule has 2 N–H and O–H groups in total. The lowest BCUT2D eigenvalue weighted by Gasteiger charge is -2.37. The van der Waals surface area contributed by atoms with E-state index in [4.69, 9.17) is 5.73 Å². The van der Waals surface area contributed by atoms with Crippen LogP contribution in [0.3, 0.4) is 0 Å². The third-order valence-electron chi connectivity index (χ3n) is 5.15. The van der Waals surface area contributed by atoms with Gasteiger partial charge in [-0.3, -0.25) is 4.79 Å². The topological polar surface area (TPSA) is 43.1 Å². The number of rotatable bonds is 4. The Morgan fingerprint density at radius 1 is 1.25 bits per heavy atom. The zero-order chi connectivity index (χ0) is 14.8. The average Bonchev–Trinajstić information content (AvgIpc) is 2.44. The second kappa shape index (κ2) is 6.09. The summed E-state index contributed by atoms with van der Waals surface area (Å²) in [7, 11) is 0. The summed E-state index contributed by atoms with van der Waals surface area (Å²) >= 11 is 0. The molecule has 0 bridgehead atoms. The molecule has 0 aromatic heterocycles. The van der Waals surface area contributed by atoms with E-state index in [2.05, 4.69) is 39.0 Å². The molecule has 0 atom stereocenters. The van der Waals surface area contributed by atoms with Crippen molar-refractivity contribution in [3.05, 3.63) is 34.9 Å². The highest BCUT2D eigenvalue weighted by atomic mass is 16.1. The summed E-state index contributed by atoms with van der Waals surface area (Å²) in [4.78, 5) is 12.7. The predicted molar refractivity (Wildman–Crippen MR) is 83.7 cm³/mol. The van der Waals surface area contributed by atoms with Crippen LogP contribution in [-0.2, 0) is 11.2 Å². The molecule has 0 aliphatic heterocycles. The van der Waals surface area contributed by atoms with Crippen molar-refractivity contribution in [2.45, 2.75) is 52.9 Å². The molecule has 1 saturated carbocycles. The fourth-order valence-corrected chi connectivity index (χ4v) is 3.20. The quantitative estimate of drug-likeness (QED) is 0.911. The highest BCUT2D eigenvalue weighted by molar-refractivity contribution is 5.87. The van der Waals surface area contributed by atoms with Crippen LogP contribution in [0, 0.1) is 25.2 Å². The zero-order valence-corrected chi connectivity index (χ0v) is 13.0. The first-order chi connectivity index (χ1) is 9.47.